The first-order valence-electron chi connectivity index (χ1n) is 5.27. The fourth-order valence-electron chi connectivity index (χ4n) is 1.51. The van der Waals surface area contributed by atoms with E-state index in [1.165, 1.54) is 6.07 Å². The van der Waals surface area contributed by atoms with Crippen LogP contribution in [0.15, 0.2) is 18.2 Å². The Bertz CT molecular complexity index is 309. The summed E-state index contributed by atoms with van der Waals surface area (Å²) in [5.74, 6) is 0.733. The number of hydrogen-bond donors (Lipinski definition) is 3. The van der Waals surface area contributed by atoms with Gasteiger partial charge in [-0.1, -0.05) is 13.8 Å². The molecule has 0 aliphatic carbocycles. The van der Waals surface area contributed by atoms with E-state index in [-0.39, 0.29) is 29.9 Å². The van der Waals surface area contributed by atoms with Crippen LogP contribution in [0.2, 0.25) is 0 Å². The zero-order valence-electron chi connectivity index (χ0n) is 9.68. The van der Waals surface area contributed by atoms with Crippen LogP contribution < -0.4 is 5.73 Å². The average molecular weight is 246 g/mol. The first-order valence-corrected chi connectivity index (χ1v) is 5.27. The summed E-state index contributed by atoms with van der Waals surface area (Å²) in [6.07, 6.45) is 1.90. The van der Waals surface area contributed by atoms with Crippen LogP contribution in [0, 0.1) is 5.92 Å². The van der Waals surface area contributed by atoms with Crippen LogP contribution in [0.25, 0.3) is 0 Å². The van der Waals surface area contributed by atoms with Gasteiger partial charge in [-0.15, -0.1) is 12.4 Å². The lowest BCUT2D eigenvalue weighted by Crippen LogP contribution is -2.11. The molecule has 16 heavy (non-hydrogen) atoms. The monoisotopic (exact) mass is 245 g/mol. The average Bonchev–Trinajstić information content (AvgIpc) is 2.12. The van der Waals surface area contributed by atoms with E-state index in [2.05, 4.69) is 13.8 Å². The van der Waals surface area contributed by atoms with Crippen molar-refractivity contribution in [3.05, 3.63) is 23.8 Å². The molecule has 0 saturated heterocycles. The second-order valence-electron chi connectivity index (χ2n) is 4.36. The SMILES string of the molecule is CC(C)CC[C@@H](N)c1cc(O)cc(O)c1.Cl. The highest BCUT2D eigenvalue weighted by atomic mass is 35.5. The maximum absolute atomic E-state index is 9.30. The quantitative estimate of drug-likeness (QED) is 0.764. The summed E-state index contributed by atoms with van der Waals surface area (Å²) in [6.45, 7) is 4.29. The van der Waals surface area contributed by atoms with Gasteiger partial charge in [0.05, 0.1) is 0 Å². The van der Waals surface area contributed by atoms with Crippen LogP contribution in [0.5, 0.6) is 11.5 Å². The van der Waals surface area contributed by atoms with Crippen molar-refractivity contribution < 1.29 is 10.2 Å². The summed E-state index contributed by atoms with van der Waals surface area (Å²) in [7, 11) is 0. The number of phenols is 2. The number of benzene rings is 1. The van der Waals surface area contributed by atoms with Crippen molar-refractivity contribution in [2.24, 2.45) is 11.7 Å². The number of nitrogens with two attached hydrogens (primary N) is 1. The molecule has 0 radical (unpaired) electrons. The predicted molar refractivity (Wildman–Crippen MR) is 68.0 cm³/mol. The van der Waals surface area contributed by atoms with Gasteiger partial charge in [-0.3, -0.25) is 0 Å². The fraction of sp³-hybridized carbons (Fsp3) is 0.500. The van der Waals surface area contributed by atoms with Gasteiger partial charge in [0.2, 0.25) is 0 Å². The van der Waals surface area contributed by atoms with E-state index < -0.39 is 0 Å². The Morgan fingerprint density at radius 2 is 1.56 bits per heavy atom. The Morgan fingerprint density at radius 3 is 2.00 bits per heavy atom. The second kappa shape index (κ2) is 6.61. The van der Waals surface area contributed by atoms with E-state index >= 15 is 0 Å². The Hall–Kier alpha value is -0.930. The first-order chi connectivity index (χ1) is 6.99. The molecule has 0 heterocycles. The maximum Gasteiger partial charge on any atom is 0.119 e. The van der Waals surface area contributed by atoms with Crippen LogP contribution in [0.1, 0.15) is 38.3 Å². The van der Waals surface area contributed by atoms with Crippen molar-refractivity contribution in [3.63, 3.8) is 0 Å². The number of hydrogen-bond acceptors (Lipinski definition) is 3. The molecule has 0 unspecified atom stereocenters. The lowest BCUT2D eigenvalue weighted by Gasteiger charge is -2.14. The molecule has 1 aromatic carbocycles. The van der Waals surface area contributed by atoms with Gasteiger partial charge >= 0.3 is 0 Å². The summed E-state index contributed by atoms with van der Waals surface area (Å²) in [5, 5.41) is 18.6. The first kappa shape index (κ1) is 15.1. The molecule has 92 valence electrons. The molecule has 0 bridgehead atoms. The molecule has 1 atom stereocenters. The molecule has 4 N–H and O–H groups in total. The van der Waals surface area contributed by atoms with Gasteiger partial charge in [-0.05, 0) is 36.5 Å². The molecule has 3 nitrogen and oxygen atoms in total. The third-order valence-electron chi connectivity index (χ3n) is 2.41. The van der Waals surface area contributed by atoms with Gasteiger partial charge in [0.15, 0.2) is 0 Å². The minimum absolute atomic E-state index is 0. The highest BCUT2D eigenvalue weighted by Crippen LogP contribution is 2.26. The van der Waals surface area contributed by atoms with Crippen molar-refractivity contribution >= 4 is 12.4 Å². The van der Waals surface area contributed by atoms with Crippen LogP contribution in [-0.2, 0) is 0 Å². The molecule has 0 spiro atoms. The molecule has 0 saturated carbocycles. The molecule has 0 aliphatic rings. The lowest BCUT2D eigenvalue weighted by atomic mass is 9.98. The number of phenolic OH excluding ortho intramolecular Hbond substituents is 2. The van der Waals surface area contributed by atoms with Gasteiger partial charge in [-0.25, -0.2) is 0 Å². The van der Waals surface area contributed by atoms with E-state index in [9.17, 15) is 10.2 Å². The largest absolute Gasteiger partial charge is 0.508 e. The summed E-state index contributed by atoms with van der Waals surface area (Å²) >= 11 is 0. The number of halogens is 1. The van der Waals surface area contributed by atoms with E-state index in [4.69, 9.17) is 5.73 Å². The topological polar surface area (TPSA) is 66.5 Å². The van der Waals surface area contributed by atoms with Crippen LogP contribution in [0.4, 0.5) is 0 Å². The number of aromatic hydroxyl groups is 2. The normalized spacial score (nSPS) is 12.2. The van der Waals surface area contributed by atoms with E-state index in [0.29, 0.717) is 5.92 Å². The second-order valence-corrected chi connectivity index (χ2v) is 4.36. The van der Waals surface area contributed by atoms with E-state index in [1.807, 2.05) is 0 Å². The summed E-state index contributed by atoms with van der Waals surface area (Å²) < 4.78 is 0. The van der Waals surface area contributed by atoms with E-state index in [0.717, 1.165) is 18.4 Å². The molecule has 4 heteroatoms. The highest BCUT2D eigenvalue weighted by Gasteiger charge is 2.09. The van der Waals surface area contributed by atoms with Crippen LogP contribution in [-0.4, -0.2) is 10.2 Å². The molecule has 0 fully saturated rings. The Labute approximate surface area is 103 Å². The van der Waals surface area contributed by atoms with Crippen molar-refractivity contribution in [3.8, 4) is 11.5 Å². The van der Waals surface area contributed by atoms with Crippen molar-refractivity contribution in [1.29, 1.82) is 0 Å². The molecule has 0 aliphatic heterocycles. The zero-order valence-corrected chi connectivity index (χ0v) is 10.5. The Balaban J connectivity index is 0.00000225. The van der Waals surface area contributed by atoms with Crippen molar-refractivity contribution in [2.75, 3.05) is 0 Å². The summed E-state index contributed by atoms with van der Waals surface area (Å²) in [5.41, 5.74) is 6.74. The molecule has 0 aromatic heterocycles. The molecule has 1 aromatic rings. The van der Waals surface area contributed by atoms with Gasteiger partial charge in [0.1, 0.15) is 11.5 Å². The summed E-state index contributed by atoms with van der Waals surface area (Å²) in [4.78, 5) is 0. The van der Waals surface area contributed by atoms with Crippen molar-refractivity contribution in [1.82, 2.24) is 0 Å². The minimum Gasteiger partial charge on any atom is -0.508 e. The maximum atomic E-state index is 9.30. The van der Waals surface area contributed by atoms with E-state index in [1.54, 1.807) is 12.1 Å². The van der Waals surface area contributed by atoms with Gasteiger partial charge in [0.25, 0.3) is 0 Å². The zero-order chi connectivity index (χ0) is 11.4. The van der Waals surface area contributed by atoms with Crippen molar-refractivity contribution in [2.45, 2.75) is 32.7 Å². The van der Waals surface area contributed by atoms with Gasteiger partial charge in [-0.2, -0.15) is 0 Å². The molecule has 0 amide bonds. The van der Waals surface area contributed by atoms with Gasteiger partial charge in [0, 0.05) is 12.1 Å². The third-order valence-corrected chi connectivity index (χ3v) is 2.41. The fourth-order valence-corrected chi connectivity index (χ4v) is 1.51. The number of rotatable bonds is 4. The standard InChI is InChI=1S/C12H19NO2.ClH/c1-8(2)3-4-12(13)9-5-10(14)7-11(15)6-9;/h5-8,12,14-15H,3-4,13H2,1-2H3;1H/t12-;/m1./s1. The lowest BCUT2D eigenvalue weighted by molar-refractivity contribution is 0.445. The smallest absolute Gasteiger partial charge is 0.119 e. The minimum atomic E-state index is -0.120. The Kier molecular flexibility index (Phi) is 6.22. The van der Waals surface area contributed by atoms with Crippen LogP contribution in [0.3, 0.4) is 0 Å². The predicted octanol–water partition coefficient (Wildman–Crippen LogP) is 2.96. The van der Waals surface area contributed by atoms with Gasteiger partial charge < -0.3 is 15.9 Å². The highest BCUT2D eigenvalue weighted by molar-refractivity contribution is 5.85. The molecule has 1 rings (SSSR count). The van der Waals surface area contributed by atoms with Crippen LogP contribution >= 0.6 is 12.4 Å². The molecular formula is C12H20ClNO2. The molecular weight excluding hydrogens is 226 g/mol. The Morgan fingerprint density at radius 1 is 1.06 bits per heavy atom. The third kappa shape index (κ3) is 4.73. The summed E-state index contributed by atoms with van der Waals surface area (Å²) in [6, 6.07) is 4.39.